The lowest BCUT2D eigenvalue weighted by Crippen LogP contribution is -2.29. The number of aromatic nitrogens is 1. The molecular weight excluding hydrogens is 429 g/mol. The fourth-order valence-electron chi connectivity index (χ4n) is 3.40. The van der Waals surface area contributed by atoms with Crippen molar-refractivity contribution >= 4 is 33.3 Å². The van der Waals surface area contributed by atoms with E-state index < -0.39 is 0 Å². The molecule has 0 bridgehead atoms. The molecule has 2 aromatic heterocycles. The van der Waals surface area contributed by atoms with Gasteiger partial charge in [-0.2, -0.15) is 0 Å². The van der Waals surface area contributed by atoms with Gasteiger partial charge in [0, 0.05) is 17.2 Å². The molecule has 0 spiro atoms. The Morgan fingerprint density at radius 2 is 2.11 bits per heavy atom. The Kier molecular flexibility index (Phi) is 4.97. The number of hydrogen-bond acceptors (Lipinski definition) is 3. The summed E-state index contributed by atoms with van der Waals surface area (Å²) in [6.07, 6.45) is 1.76. The molecule has 1 aliphatic rings. The predicted molar refractivity (Wildman–Crippen MR) is 110 cm³/mol. The lowest BCUT2D eigenvalue weighted by atomic mass is 10.0. The van der Waals surface area contributed by atoms with E-state index >= 15 is 0 Å². The van der Waals surface area contributed by atoms with Crippen LogP contribution in [-0.2, 0) is 0 Å². The van der Waals surface area contributed by atoms with Gasteiger partial charge in [-0.1, -0.05) is 22.0 Å². The fourth-order valence-corrected chi connectivity index (χ4v) is 4.10. The summed E-state index contributed by atoms with van der Waals surface area (Å²) in [6, 6.07) is 14.1. The first-order valence-electron chi connectivity index (χ1n) is 8.61. The summed E-state index contributed by atoms with van der Waals surface area (Å²) in [7, 11) is 0. The van der Waals surface area contributed by atoms with Gasteiger partial charge in [0.05, 0.1) is 17.3 Å². The average molecular weight is 446 g/mol. The lowest BCUT2D eigenvalue weighted by Gasteiger charge is -2.24. The average Bonchev–Trinajstić information content (AvgIpc) is 3.26. The Bertz CT molecular complexity index is 978. The van der Waals surface area contributed by atoms with E-state index in [0.717, 1.165) is 18.0 Å². The van der Waals surface area contributed by atoms with Gasteiger partial charge in [-0.05, 0) is 61.6 Å². The van der Waals surface area contributed by atoms with E-state index in [-0.39, 0.29) is 17.9 Å². The number of nitrogens with one attached hydrogen (secondary N) is 1. The second-order valence-electron chi connectivity index (χ2n) is 6.24. The number of nitrogens with zero attached hydrogens (tertiary/aromatic N) is 2. The van der Waals surface area contributed by atoms with Crippen molar-refractivity contribution in [3.63, 3.8) is 0 Å². The zero-order valence-electron chi connectivity index (χ0n) is 14.5. The number of halogens is 2. The van der Waals surface area contributed by atoms with Gasteiger partial charge in [0.15, 0.2) is 5.11 Å². The number of thiocarbonyl (C=S) groups is 1. The Morgan fingerprint density at radius 3 is 2.81 bits per heavy atom. The topological polar surface area (TPSA) is 41.3 Å². The van der Waals surface area contributed by atoms with Crippen LogP contribution in [0.2, 0.25) is 0 Å². The van der Waals surface area contributed by atoms with Crippen molar-refractivity contribution in [3.8, 4) is 11.3 Å². The van der Waals surface area contributed by atoms with Crippen LogP contribution in [-0.4, -0.2) is 21.5 Å². The van der Waals surface area contributed by atoms with Crippen molar-refractivity contribution in [1.29, 1.82) is 0 Å². The first-order chi connectivity index (χ1) is 13.1. The summed E-state index contributed by atoms with van der Waals surface area (Å²) in [6.45, 7) is 2.77. The smallest absolute Gasteiger partial charge is 0.170 e. The summed E-state index contributed by atoms with van der Waals surface area (Å²) in [5, 5.41) is 4.00. The highest BCUT2D eigenvalue weighted by Gasteiger charge is 2.40. The maximum atomic E-state index is 14.3. The second-order valence-corrected chi connectivity index (χ2v) is 7.54. The number of pyridine rings is 1. The van der Waals surface area contributed by atoms with Gasteiger partial charge in [-0.25, -0.2) is 4.39 Å². The van der Waals surface area contributed by atoms with Crippen molar-refractivity contribution < 1.29 is 8.81 Å². The summed E-state index contributed by atoms with van der Waals surface area (Å²) < 4.78 is 21.1. The number of rotatable bonds is 4. The summed E-state index contributed by atoms with van der Waals surface area (Å²) in [5.74, 6) is 0.875. The first kappa shape index (κ1) is 18.1. The van der Waals surface area contributed by atoms with E-state index in [0.29, 0.717) is 20.9 Å². The molecule has 1 fully saturated rings. The largest absolute Gasteiger partial charge is 0.459 e. The van der Waals surface area contributed by atoms with Crippen LogP contribution in [0, 0.1) is 5.82 Å². The van der Waals surface area contributed by atoms with E-state index in [1.807, 2.05) is 31.2 Å². The maximum absolute atomic E-state index is 14.3. The number of hydrogen-bond donors (Lipinski definition) is 1. The third kappa shape index (κ3) is 3.37. The van der Waals surface area contributed by atoms with Gasteiger partial charge in [0.25, 0.3) is 0 Å². The minimum Gasteiger partial charge on any atom is -0.459 e. The molecule has 0 aliphatic carbocycles. The van der Waals surface area contributed by atoms with Gasteiger partial charge in [0.2, 0.25) is 0 Å². The van der Waals surface area contributed by atoms with E-state index in [9.17, 15) is 4.39 Å². The van der Waals surface area contributed by atoms with E-state index in [4.69, 9.17) is 16.6 Å². The van der Waals surface area contributed by atoms with Crippen molar-refractivity contribution in [2.24, 2.45) is 0 Å². The highest BCUT2D eigenvalue weighted by Crippen LogP contribution is 2.40. The van der Waals surface area contributed by atoms with Crippen LogP contribution in [0.3, 0.4) is 0 Å². The maximum Gasteiger partial charge on any atom is 0.170 e. The monoisotopic (exact) mass is 445 g/mol. The lowest BCUT2D eigenvalue weighted by molar-refractivity contribution is 0.284. The number of likely N-dealkylation sites (N-methyl/N-ethyl adjacent to an activating group) is 1. The van der Waals surface area contributed by atoms with Crippen LogP contribution in [0.5, 0.6) is 0 Å². The molecular formula is C20H17BrFN3OS. The molecule has 2 atom stereocenters. The quantitative estimate of drug-likeness (QED) is 0.556. The predicted octanol–water partition coefficient (Wildman–Crippen LogP) is 5.24. The number of furan rings is 1. The summed E-state index contributed by atoms with van der Waals surface area (Å²) in [4.78, 5) is 6.54. The summed E-state index contributed by atoms with van der Waals surface area (Å²) >= 11 is 8.79. The molecule has 7 heteroatoms. The number of benzene rings is 1. The van der Waals surface area contributed by atoms with Crippen LogP contribution in [0.4, 0.5) is 4.39 Å². The molecule has 0 amide bonds. The SMILES string of the molecule is CCN1C(=S)N[C@H](c2ccccn2)[C@@H]1c1ccc(-c2ccc(Br)cc2F)o1. The van der Waals surface area contributed by atoms with E-state index in [1.54, 1.807) is 24.4 Å². The van der Waals surface area contributed by atoms with Crippen molar-refractivity contribution in [3.05, 3.63) is 76.5 Å². The molecule has 1 N–H and O–H groups in total. The Morgan fingerprint density at radius 1 is 1.26 bits per heavy atom. The zero-order valence-corrected chi connectivity index (χ0v) is 16.9. The van der Waals surface area contributed by atoms with Crippen molar-refractivity contribution in [2.75, 3.05) is 6.54 Å². The zero-order chi connectivity index (χ0) is 19.0. The van der Waals surface area contributed by atoms with Crippen LogP contribution in [0.25, 0.3) is 11.3 Å². The minimum atomic E-state index is -0.334. The third-order valence-electron chi connectivity index (χ3n) is 4.65. The Balaban J connectivity index is 1.73. The first-order valence-corrected chi connectivity index (χ1v) is 9.82. The molecule has 27 heavy (non-hydrogen) atoms. The fraction of sp³-hybridized carbons (Fsp3) is 0.200. The highest BCUT2D eigenvalue weighted by molar-refractivity contribution is 9.10. The van der Waals surface area contributed by atoms with Gasteiger partial charge in [-0.3, -0.25) is 4.98 Å². The van der Waals surface area contributed by atoms with Gasteiger partial charge >= 0.3 is 0 Å². The standard InChI is InChI=1S/C20H17BrFN3OS/c1-2-25-19(18(24-20(25)27)15-5-3-4-10-23-15)17-9-8-16(26-17)13-7-6-12(21)11-14(13)22/h3-11,18-19H,2H2,1H3,(H,24,27)/t18-,19+/m1/s1. The van der Waals surface area contributed by atoms with E-state index in [1.165, 1.54) is 6.07 Å². The Hall–Kier alpha value is -2.25. The van der Waals surface area contributed by atoms with Crippen molar-refractivity contribution in [2.45, 2.75) is 19.0 Å². The minimum absolute atomic E-state index is 0.132. The highest BCUT2D eigenvalue weighted by atomic mass is 79.9. The van der Waals surface area contributed by atoms with Gasteiger partial charge in [-0.15, -0.1) is 0 Å². The Labute approximate surface area is 170 Å². The van der Waals surface area contributed by atoms with Crippen LogP contribution >= 0.6 is 28.1 Å². The second kappa shape index (κ2) is 7.40. The molecule has 1 aromatic carbocycles. The molecule has 4 nitrogen and oxygen atoms in total. The van der Waals surface area contributed by atoms with Crippen LogP contribution in [0.1, 0.15) is 30.5 Å². The third-order valence-corrected chi connectivity index (χ3v) is 5.50. The summed E-state index contributed by atoms with van der Waals surface area (Å²) in [5.41, 5.74) is 1.31. The molecule has 4 rings (SSSR count). The van der Waals surface area contributed by atoms with E-state index in [2.05, 4.69) is 31.1 Å². The molecule has 1 aliphatic heterocycles. The molecule has 0 saturated carbocycles. The van der Waals surface area contributed by atoms with Gasteiger partial charge < -0.3 is 14.6 Å². The van der Waals surface area contributed by atoms with Crippen molar-refractivity contribution in [1.82, 2.24) is 15.2 Å². The van der Waals surface area contributed by atoms with Gasteiger partial charge in [0.1, 0.15) is 23.4 Å². The van der Waals surface area contributed by atoms with Crippen LogP contribution < -0.4 is 5.32 Å². The molecule has 138 valence electrons. The molecule has 0 unspecified atom stereocenters. The normalized spacial score (nSPS) is 19.4. The molecule has 3 heterocycles. The van der Waals surface area contributed by atoms with Crippen LogP contribution in [0.15, 0.2) is 63.6 Å². The molecule has 1 saturated heterocycles. The molecule has 3 aromatic rings. The molecule has 0 radical (unpaired) electrons.